The third-order valence-electron chi connectivity index (χ3n) is 2.28. The van der Waals surface area contributed by atoms with Crippen LogP contribution in [0.15, 0.2) is 28.0 Å². The Morgan fingerprint density at radius 3 is 2.94 bits per heavy atom. The van der Waals surface area contributed by atoms with Gasteiger partial charge in [0.15, 0.2) is 12.0 Å². The fourth-order valence-corrected chi connectivity index (χ4v) is 2.33. The van der Waals surface area contributed by atoms with E-state index >= 15 is 0 Å². The number of ether oxygens (including phenoxy) is 1. The molecule has 0 saturated heterocycles. The zero-order valence-electron chi connectivity index (χ0n) is 9.14. The third kappa shape index (κ3) is 2.45. The minimum Gasteiger partial charge on any atom is -0.465 e. The van der Waals surface area contributed by atoms with Gasteiger partial charge >= 0.3 is 5.97 Å². The minimum absolute atomic E-state index is 0.287. The molecule has 0 aliphatic heterocycles. The van der Waals surface area contributed by atoms with Gasteiger partial charge in [0.05, 0.1) is 7.11 Å². The highest BCUT2D eigenvalue weighted by molar-refractivity contribution is 7.12. The zero-order chi connectivity index (χ0) is 12.3. The van der Waals surface area contributed by atoms with Crippen LogP contribution < -0.4 is 0 Å². The lowest BCUT2D eigenvalue weighted by molar-refractivity contribution is 0.0605. The summed E-state index contributed by atoms with van der Waals surface area (Å²) in [6.07, 6.45) is 1.13. The Balaban J connectivity index is 2.21. The summed E-state index contributed by atoms with van der Waals surface area (Å²) >= 11 is 1.33. The summed E-state index contributed by atoms with van der Waals surface area (Å²) in [5.74, 6) is 0.586. The summed E-state index contributed by atoms with van der Waals surface area (Å²) in [4.78, 5) is 22.5. The van der Waals surface area contributed by atoms with Crippen molar-refractivity contribution in [3.8, 4) is 0 Å². The SMILES string of the molecule is COC(=O)c1sccc1Cc1ccc(C=O)o1. The molecule has 0 N–H and O–H groups in total. The van der Waals surface area contributed by atoms with Crippen molar-refractivity contribution in [3.05, 3.63) is 45.5 Å². The molecule has 0 fully saturated rings. The highest BCUT2D eigenvalue weighted by atomic mass is 32.1. The second-order valence-electron chi connectivity index (χ2n) is 3.37. The molecule has 0 saturated carbocycles. The normalized spacial score (nSPS) is 10.2. The molecule has 0 aliphatic rings. The topological polar surface area (TPSA) is 56.5 Å². The Morgan fingerprint density at radius 2 is 2.29 bits per heavy atom. The molecular weight excluding hydrogens is 240 g/mol. The lowest BCUT2D eigenvalue weighted by Gasteiger charge is -1.99. The van der Waals surface area contributed by atoms with Crippen LogP contribution in [-0.2, 0) is 11.2 Å². The molecule has 4 nitrogen and oxygen atoms in total. The van der Waals surface area contributed by atoms with E-state index < -0.39 is 0 Å². The maximum Gasteiger partial charge on any atom is 0.348 e. The van der Waals surface area contributed by atoms with E-state index in [9.17, 15) is 9.59 Å². The van der Waals surface area contributed by atoms with E-state index in [1.807, 2.05) is 11.4 Å². The Hall–Kier alpha value is -1.88. The molecule has 0 aromatic carbocycles. The number of carbonyl (C=O) groups is 2. The maximum absolute atomic E-state index is 11.4. The Labute approximate surface area is 102 Å². The molecule has 0 bridgehead atoms. The van der Waals surface area contributed by atoms with E-state index in [4.69, 9.17) is 4.42 Å². The Bertz CT molecular complexity index is 538. The summed E-state index contributed by atoms with van der Waals surface area (Å²) in [6.45, 7) is 0. The molecule has 2 rings (SSSR count). The van der Waals surface area contributed by atoms with Gasteiger partial charge in [0, 0.05) is 6.42 Å². The fourth-order valence-electron chi connectivity index (χ4n) is 1.49. The lowest BCUT2D eigenvalue weighted by Crippen LogP contribution is -2.01. The third-order valence-corrected chi connectivity index (χ3v) is 3.22. The number of carbonyl (C=O) groups excluding carboxylic acids is 2. The number of esters is 1. The second-order valence-corrected chi connectivity index (χ2v) is 4.28. The number of thiophene rings is 1. The number of rotatable bonds is 4. The first-order valence-electron chi connectivity index (χ1n) is 4.93. The van der Waals surface area contributed by atoms with Gasteiger partial charge in [-0.1, -0.05) is 0 Å². The first-order chi connectivity index (χ1) is 8.24. The van der Waals surface area contributed by atoms with Crippen molar-refractivity contribution < 1.29 is 18.7 Å². The smallest absolute Gasteiger partial charge is 0.348 e. The van der Waals surface area contributed by atoms with Crippen molar-refractivity contribution >= 4 is 23.6 Å². The van der Waals surface area contributed by atoms with Crippen molar-refractivity contribution in [2.75, 3.05) is 7.11 Å². The molecule has 2 aromatic rings. The van der Waals surface area contributed by atoms with Crippen LogP contribution >= 0.6 is 11.3 Å². The average molecular weight is 250 g/mol. The van der Waals surface area contributed by atoms with E-state index in [1.165, 1.54) is 18.4 Å². The van der Waals surface area contributed by atoms with Crippen LogP contribution in [0.1, 0.15) is 31.6 Å². The van der Waals surface area contributed by atoms with Gasteiger partial charge in [-0.2, -0.15) is 0 Å². The van der Waals surface area contributed by atoms with Gasteiger partial charge in [0.1, 0.15) is 10.6 Å². The molecule has 0 atom stereocenters. The molecule has 2 heterocycles. The van der Waals surface area contributed by atoms with Crippen molar-refractivity contribution in [2.24, 2.45) is 0 Å². The molecule has 0 spiro atoms. The van der Waals surface area contributed by atoms with E-state index in [2.05, 4.69) is 4.74 Å². The average Bonchev–Trinajstić information content (AvgIpc) is 2.97. The highest BCUT2D eigenvalue weighted by Crippen LogP contribution is 2.21. The molecule has 2 aromatic heterocycles. The van der Waals surface area contributed by atoms with Gasteiger partial charge in [-0.3, -0.25) is 4.79 Å². The van der Waals surface area contributed by atoms with Crippen LogP contribution in [-0.4, -0.2) is 19.4 Å². The lowest BCUT2D eigenvalue weighted by atomic mass is 10.1. The van der Waals surface area contributed by atoms with Gasteiger partial charge in [-0.05, 0) is 29.1 Å². The monoisotopic (exact) mass is 250 g/mol. The summed E-state index contributed by atoms with van der Waals surface area (Å²) < 4.78 is 9.94. The van der Waals surface area contributed by atoms with Gasteiger partial charge in [-0.25, -0.2) is 4.79 Å². The molecule has 0 unspecified atom stereocenters. The van der Waals surface area contributed by atoms with Gasteiger partial charge in [0.25, 0.3) is 0 Å². The van der Waals surface area contributed by atoms with Crippen molar-refractivity contribution in [3.63, 3.8) is 0 Å². The molecule has 0 amide bonds. The van der Waals surface area contributed by atoms with Gasteiger partial charge < -0.3 is 9.15 Å². The molecule has 5 heteroatoms. The predicted octanol–water partition coefficient (Wildman–Crippen LogP) is 2.53. The summed E-state index contributed by atoms with van der Waals surface area (Å²) in [5, 5.41) is 1.82. The number of hydrogen-bond acceptors (Lipinski definition) is 5. The van der Waals surface area contributed by atoms with Crippen molar-refractivity contribution in [1.29, 1.82) is 0 Å². The quantitative estimate of drug-likeness (QED) is 0.618. The number of furan rings is 1. The van der Waals surface area contributed by atoms with E-state index in [-0.39, 0.29) is 11.7 Å². The van der Waals surface area contributed by atoms with Crippen LogP contribution in [0.2, 0.25) is 0 Å². The van der Waals surface area contributed by atoms with Crippen molar-refractivity contribution in [1.82, 2.24) is 0 Å². The largest absolute Gasteiger partial charge is 0.465 e. The minimum atomic E-state index is -0.350. The van der Waals surface area contributed by atoms with Crippen LogP contribution in [0.4, 0.5) is 0 Å². The van der Waals surface area contributed by atoms with Gasteiger partial charge in [-0.15, -0.1) is 11.3 Å². The Morgan fingerprint density at radius 1 is 1.47 bits per heavy atom. The molecule has 0 aliphatic carbocycles. The van der Waals surface area contributed by atoms with Crippen LogP contribution in [0.25, 0.3) is 0 Å². The fraction of sp³-hybridized carbons (Fsp3) is 0.167. The van der Waals surface area contributed by atoms with Crippen LogP contribution in [0.5, 0.6) is 0 Å². The molecule has 0 radical (unpaired) electrons. The Kier molecular flexibility index (Phi) is 3.39. The molecule has 88 valence electrons. The van der Waals surface area contributed by atoms with Gasteiger partial charge in [0.2, 0.25) is 0 Å². The summed E-state index contributed by atoms with van der Waals surface area (Å²) in [5.41, 5.74) is 0.841. The zero-order valence-corrected chi connectivity index (χ0v) is 9.95. The second kappa shape index (κ2) is 4.97. The number of methoxy groups -OCH3 is 1. The van der Waals surface area contributed by atoms with E-state index in [1.54, 1.807) is 12.1 Å². The maximum atomic E-state index is 11.4. The van der Waals surface area contributed by atoms with E-state index in [0.29, 0.717) is 23.3 Å². The summed E-state index contributed by atoms with van der Waals surface area (Å²) in [6, 6.07) is 5.18. The van der Waals surface area contributed by atoms with E-state index in [0.717, 1.165) is 5.56 Å². The molecular formula is C12H10O4S. The van der Waals surface area contributed by atoms with Crippen LogP contribution in [0, 0.1) is 0 Å². The van der Waals surface area contributed by atoms with Crippen LogP contribution in [0.3, 0.4) is 0 Å². The first kappa shape index (κ1) is 11.6. The molecule has 17 heavy (non-hydrogen) atoms. The van der Waals surface area contributed by atoms with Crippen molar-refractivity contribution in [2.45, 2.75) is 6.42 Å². The first-order valence-corrected chi connectivity index (χ1v) is 5.81. The standard InChI is InChI=1S/C12H10O4S/c1-15-12(14)11-8(4-5-17-11)6-9-2-3-10(7-13)16-9/h2-5,7H,6H2,1H3. The number of aldehydes is 1. The highest BCUT2D eigenvalue weighted by Gasteiger charge is 2.14. The number of hydrogen-bond donors (Lipinski definition) is 0. The predicted molar refractivity (Wildman–Crippen MR) is 62.6 cm³/mol. The summed E-state index contributed by atoms with van der Waals surface area (Å²) in [7, 11) is 1.35.